The fraction of sp³-hybridized carbons (Fsp3) is 0.0588. The molecule has 0 saturated heterocycles. The fourth-order valence-electron chi connectivity index (χ4n) is 2.41. The third-order valence-electron chi connectivity index (χ3n) is 3.49. The highest BCUT2D eigenvalue weighted by atomic mass is 16.5. The molecular formula is C17H13NO4. The lowest BCUT2D eigenvalue weighted by molar-refractivity contribution is -0.110. The maximum Gasteiger partial charge on any atom is 0.335 e. The van der Waals surface area contributed by atoms with Gasteiger partial charge < -0.3 is 15.2 Å². The van der Waals surface area contributed by atoms with Gasteiger partial charge in [0.2, 0.25) is 0 Å². The minimum atomic E-state index is -1.03. The number of para-hydroxylation sites is 1. The van der Waals surface area contributed by atoms with Gasteiger partial charge in [0, 0.05) is 22.4 Å². The van der Waals surface area contributed by atoms with E-state index in [4.69, 9.17) is 9.84 Å². The predicted molar refractivity (Wildman–Crippen MR) is 82.9 cm³/mol. The average Bonchev–Trinajstić information content (AvgIpc) is 2.83. The minimum absolute atomic E-state index is 0.137. The van der Waals surface area contributed by atoms with Gasteiger partial charge in [0.15, 0.2) is 0 Å². The van der Waals surface area contributed by atoms with E-state index in [1.807, 2.05) is 24.3 Å². The molecule has 3 rings (SSSR count). The molecule has 0 unspecified atom stereocenters. The molecule has 0 radical (unpaired) electrons. The van der Waals surface area contributed by atoms with Crippen molar-refractivity contribution < 1.29 is 19.4 Å². The van der Waals surface area contributed by atoms with E-state index in [2.05, 4.69) is 5.32 Å². The van der Waals surface area contributed by atoms with Crippen LogP contribution in [0.4, 0.5) is 5.69 Å². The van der Waals surface area contributed by atoms with Crippen LogP contribution in [0.5, 0.6) is 5.75 Å². The zero-order chi connectivity index (χ0) is 15.7. The van der Waals surface area contributed by atoms with Gasteiger partial charge in [0.25, 0.3) is 5.91 Å². The number of carbonyl (C=O) groups excluding carboxylic acids is 1. The number of fused-ring (bicyclic) bond motifs is 1. The van der Waals surface area contributed by atoms with Gasteiger partial charge in [0.05, 0.1) is 12.7 Å². The summed E-state index contributed by atoms with van der Waals surface area (Å²) in [7, 11) is 1.57. The van der Waals surface area contributed by atoms with Crippen molar-refractivity contribution in [3.05, 3.63) is 59.2 Å². The van der Waals surface area contributed by atoms with Crippen molar-refractivity contribution in [1.82, 2.24) is 0 Å². The first kappa shape index (κ1) is 13.9. The van der Waals surface area contributed by atoms with Crippen molar-refractivity contribution in [3.63, 3.8) is 0 Å². The van der Waals surface area contributed by atoms with Crippen LogP contribution in [0.3, 0.4) is 0 Å². The number of methoxy groups -OCH3 is 1. The van der Waals surface area contributed by atoms with Crippen LogP contribution < -0.4 is 10.1 Å². The molecule has 1 aliphatic rings. The number of carboxylic acid groups (broad SMARTS) is 1. The number of hydrogen-bond donors (Lipinski definition) is 2. The molecule has 0 atom stereocenters. The standard InChI is InChI=1S/C17H13NO4/c1-22-15-5-3-2-4-10(15)8-13-12-7-6-11(17(20)21)9-14(12)18-16(13)19/h2-9H,1H3,(H,18,19)(H,20,21). The predicted octanol–water partition coefficient (Wildman–Crippen LogP) is 2.89. The number of benzene rings is 2. The van der Waals surface area contributed by atoms with Crippen LogP contribution in [0, 0.1) is 0 Å². The molecule has 0 saturated carbocycles. The van der Waals surface area contributed by atoms with E-state index in [-0.39, 0.29) is 11.5 Å². The third kappa shape index (κ3) is 2.33. The van der Waals surface area contributed by atoms with E-state index in [0.29, 0.717) is 22.6 Å². The Hall–Kier alpha value is -3.08. The van der Waals surface area contributed by atoms with E-state index in [1.54, 1.807) is 19.3 Å². The van der Waals surface area contributed by atoms with Gasteiger partial charge in [-0.2, -0.15) is 0 Å². The van der Waals surface area contributed by atoms with Gasteiger partial charge in [-0.25, -0.2) is 4.79 Å². The molecule has 0 bridgehead atoms. The fourth-order valence-corrected chi connectivity index (χ4v) is 2.41. The summed E-state index contributed by atoms with van der Waals surface area (Å²) in [5.74, 6) is -0.624. The van der Waals surface area contributed by atoms with Gasteiger partial charge in [-0.3, -0.25) is 4.79 Å². The summed E-state index contributed by atoms with van der Waals surface area (Å²) in [6.07, 6.45) is 1.74. The van der Waals surface area contributed by atoms with Crippen molar-refractivity contribution >= 4 is 29.2 Å². The smallest absolute Gasteiger partial charge is 0.335 e. The maximum absolute atomic E-state index is 12.1. The van der Waals surface area contributed by atoms with Crippen molar-refractivity contribution in [1.29, 1.82) is 0 Å². The third-order valence-corrected chi connectivity index (χ3v) is 3.49. The molecule has 0 aliphatic carbocycles. The van der Waals surface area contributed by atoms with Gasteiger partial charge in [-0.1, -0.05) is 24.3 Å². The Kier molecular flexibility index (Phi) is 3.39. The van der Waals surface area contributed by atoms with Gasteiger partial charge in [-0.15, -0.1) is 0 Å². The molecule has 5 heteroatoms. The highest BCUT2D eigenvalue weighted by molar-refractivity contribution is 6.35. The molecule has 1 aliphatic heterocycles. The molecule has 5 nitrogen and oxygen atoms in total. The van der Waals surface area contributed by atoms with Crippen molar-refractivity contribution in [3.8, 4) is 5.75 Å². The molecule has 1 heterocycles. The highest BCUT2D eigenvalue weighted by Crippen LogP contribution is 2.35. The molecule has 0 fully saturated rings. The molecule has 0 spiro atoms. The first-order valence-electron chi connectivity index (χ1n) is 6.64. The second kappa shape index (κ2) is 5.37. The van der Waals surface area contributed by atoms with E-state index in [9.17, 15) is 9.59 Å². The summed E-state index contributed by atoms with van der Waals surface area (Å²) in [6.45, 7) is 0. The molecule has 0 aromatic heterocycles. The molecule has 2 N–H and O–H groups in total. The van der Waals surface area contributed by atoms with E-state index < -0.39 is 5.97 Å². The zero-order valence-electron chi connectivity index (χ0n) is 11.8. The van der Waals surface area contributed by atoms with Crippen LogP contribution in [0.15, 0.2) is 42.5 Å². The first-order valence-corrected chi connectivity index (χ1v) is 6.64. The summed E-state index contributed by atoms with van der Waals surface area (Å²) in [6, 6.07) is 11.9. The maximum atomic E-state index is 12.1. The van der Waals surface area contributed by atoms with Crippen LogP contribution in [0.1, 0.15) is 21.5 Å². The highest BCUT2D eigenvalue weighted by Gasteiger charge is 2.25. The Bertz CT molecular complexity index is 808. The Morgan fingerprint density at radius 2 is 2.00 bits per heavy atom. The van der Waals surface area contributed by atoms with E-state index in [0.717, 1.165) is 5.56 Å². The molecule has 2 aromatic rings. The average molecular weight is 295 g/mol. The lowest BCUT2D eigenvalue weighted by Gasteiger charge is -2.05. The van der Waals surface area contributed by atoms with Crippen molar-refractivity contribution in [2.24, 2.45) is 0 Å². The monoisotopic (exact) mass is 295 g/mol. The summed E-state index contributed by atoms with van der Waals surface area (Å²) < 4.78 is 5.28. The second-order valence-corrected chi connectivity index (χ2v) is 4.82. The Balaban J connectivity index is 2.09. The van der Waals surface area contributed by atoms with Crippen LogP contribution >= 0.6 is 0 Å². The molecular weight excluding hydrogens is 282 g/mol. The van der Waals surface area contributed by atoms with Crippen molar-refractivity contribution in [2.75, 3.05) is 12.4 Å². The largest absolute Gasteiger partial charge is 0.496 e. The van der Waals surface area contributed by atoms with Gasteiger partial charge >= 0.3 is 5.97 Å². The number of nitrogens with one attached hydrogen (secondary N) is 1. The summed E-state index contributed by atoms with van der Waals surface area (Å²) in [5, 5.41) is 11.7. The summed E-state index contributed by atoms with van der Waals surface area (Å²) in [4.78, 5) is 23.1. The van der Waals surface area contributed by atoms with Gasteiger partial charge in [0.1, 0.15) is 5.75 Å². The number of rotatable bonds is 3. The topological polar surface area (TPSA) is 75.6 Å². The Labute approximate surface area is 126 Å². The number of carboxylic acids is 1. The van der Waals surface area contributed by atoms with Crippen molar-refractivity contribution in [2.45, 2.75) is 0 Å². The lowest BCUT2D eigenvalue weighted by Crippen LogP contribution is -2.04. The van der Waals surface area contributed by atoms with Gasteiger partial charge in [-0.05, 0) is 24.3 Å². The lowest BCUT2D eigenvalue weighted by atomic mass is 10.0. The summed E-state index contributed by atoms with van der Waals surface area (Å²) >= 11 is 0. The minimum Gasteiger partial charge on any atom is -0.496 e. The normalized spacial score (nSPS) is 14.6. The molecule has 110 valence electrons. The SMILES string of the molecule is COc1ccccc1C=C1C(=O)Nc2cc(C(=O)O)ccc21. The van der Waals surface area contributed by atoms with E-state index in [1.165, 1.54) is 12.1 Å². The number of anilines is 1. The van der Waals surface area contributed by atoms with Crippen LogP contribution in [0.2, 0.25) is 0 Å². The summed E-state index contributed by atoms with van der Waals surface area (Å²) in [5.41, 5.74) is 2.59. The number of aromatic carboxylic acids is 1. The molecule has 1 amide bonds. The zero-order valence-corrected chi connectivity index (χ0v) is 11.8. The molecule has 22 heavy (non-hydrogen) atoms. The Morgan fingerprint density at radius 1 is 1.23 bits per heavy atom. The van der Waals surface area contributed by atoms with Crippen LogP contribution in [0.25, 0.3) is 11.6 Å². The number of amides is 1. The first-order chi connectivity index (χ1) is 10.6. The van der Waals surface area contributed by atoms with Crippen LogP contribution in [-0.2, 0) is 4.79 Å². The number of ether oxygens (including phenoxy) is 1. The Morgan fingerprint density at radius 3 is 2.73 bits per heavy atom. The number of carbonyl (C=O) groups is 2. The second-order valence-electron chi connectivity index (χ2n) is 4.82. The molecule has 2 aromatic carbocycles. The quantitative estimate of drug-likeness (QED) is 0.854. The van der Waals surface area contributed by atoms with E-state index >= 15 is 0 Å². The number of hydrogen-bond acceptors (Lipinski definition) is 3. The van der Waals surface area contributed by atoms with Crippen LogP contribution in [-0.4, -0.2) is 24.1 Å².